The van der Waals surface area contributed by atoms with Gasteiger partial charge in [0.05, 0.1) is 23.0 Å². The number of methoxy groups -OCH3 is 1. The van der Waals surface area contributed by atoms with Gasteiger partial charge < -0.3 is 4.74 Å². The second-order valence-corrected chi connectivity index (χ2v) is 4.75. The summed E-state index contributed by atoms with van der Waals surface area (Å²) in [7, 11) is 1.56. The van der Waals surface area contributed by atoms with Gasteiger partial charge in [-0.15, -0.1) is 0 Å². The van der Waals surface area contributed by atoms with Gasteiger partial charge in [0.1, 0.15) is 5.75 Å². The summed E-state index contributed by atoms with van der Waals surface area (Å²) in [6.07, 6.45) is 3.35. The molecule has 0 spiro atoms. The van der Waals surface area contributed by atoms with Crippen molar-refractivity contribution in [3.8, 4) is 5.75 Å². The Morgan fingerprint density at radius 1 is 1.33 bits per heavy atom. The molecule has 0 aromatic heterocycles. The third kappa shape index (κ3) is 3.27. The molecule has 0 saturated carbocycles. The van der Waals surface area contributed by atoms with Crippen LogP contribution in [0, 0.1) is 6.92 Å². The van der Waals surface area contributed by atoms with E-state index in [1.54, 1.807) is 32.3 Å². The Morgan fingerprint density at radius 2 is 1.94 bits per heavy atom. The maximum atomic E-state index is 12.9. The van der Waals surface area contributed by atoms with Gasteiger partial charge in [-0.25, -0.2) is 4.39 Å². The van der Waals surface area contributed by atoms with Crippen molar-refractivity contribution in [3.05, 3.63) is 44.7 Å². The molecular weight excluding hydrogens is 274 g/mol. The first kappa shape index (κ1) is 15.1. The molecule has 0 aliphatic carbocycles. The molecule has 0 heterocycles. The molecule has 0 N–H and O–H groups in total. The molecule has 0 saturated heterocycles. The van der Waals surface area contributed by atoms with E-state index in [1.165, 1.54) is 6.92 Å². The molecule has 1 nitrogen and oxygen atoms in total. The predicted octanol–water partition coefficient (Wildman–Crippen LogP) is 5.59. The van der Waals surface area contributed by atoms with E-state index in [4.69, 9.17) is 27.9 Å². The van der Waals surface area contributed by atoms with Crippen LogP contribution in [0.5, 0.6) is 5.75 Å². The van der Waals surface area contributed by atoms with Crippen molar-refractivity contribution in [3.63, 3.8) is 0 Å². The van der Waals surface area contributed by atoms with E-state index in [-0.39, 0.29) is 5.83 Å². The Morgan fingerprint density at radius 3 is 2.44 bits per heavy atom. The van der Waals surface area contributed by atoms with Crippen LogP contribution in [-0.2, 0) is 0 Å². The summed E-state index contributed by atoms with van der Waals surface area (Å²) in [5.74, 6) is 0.403. The third-order valence-corrected chi connectivity index (χ3v) is 3.51. The minimum absolute atomic E-state index is 0.233. The number of hydrogen-bond acceptors (Lipinski definition) is 1. The highest BCUT2D eigenvalue weighted by Crippen LogP contribution is 2.35. The van der Waals surface area contributed by atoms with Crippen LogP contribution in [0.15, 0.2) is 23.5 Å². The van der Waals surface area contributed by atoms with Gasteiger partial charge in [-0.3, -0.25) is 0 Å². The molecule has 18 heavy (non-hydrogen) atoms. The van der Waals surface area contributed by atoms with Gasteiger partial charge in [0, 0.05) is 11.1 Å². The Hall–Kier alpha value is -0.990. The van der Waals surface area contributed by atoms with Gasteiger partial charge in [0.2, 0.25) is 0 Å². The summed E-state index contributed by atoms with van der Waals surface area (Å²) < 4.78 is 18.1. The molecule has 98 valence electrons. The molecule has 0 atom stereocenters. The van der Waals surface area contributed by atoms with Crippen LogP contribution in [0.1, 0.15) is 25.0 Å². The van der Waals surface area contributed by atoms with Gasteiger partial charge in [0.25, 0.3) is 0 Å². The van der Waals surface area contributed by atoms with Crippen molar-refractivity contribution in [2.45, 2.75) is 20.8 Å². The third-order valence-electron chi connectivity index (χ3n) is 2.71. The smallest absolute Gasteiger partial charge is 0.124 e. The number of rotatable bonds is 3. The van der Waals surface area contributed by atoms with Crippen molar-refractivity contribution in [2.24, 2.45) is 0 Å². The molecule has 1 aromatic carbocycles. The van der Waals surface area contributed by atoms with Crippen LogP contribution in [-0.4, -0.2) is 7.11 Å². The van der Waals surface area contributed by atoms with Crippen molar-refractivity contribution >= 4 is 29.3 Å². The van der Waals surface area contributed by atoms with Crippen LogP contribution in [0.3, 0.4) is 0 Å². The van der Waals surface area contributed by atoms with E-state index in [9.17, 15) is 4.39 Å². The van der Waals surface area contributed by atoms with Gasteiger partial charge in [-0.05, 0) is 32.4 Å². The van der Waals surface area contributed by atoms with Crippen LogP contribution in [0.2, 0.25) is 10.0 Å². The normalized spacial score (nSPS) is 12.8. The second kappa shape index (κ2) is 6.26. The zero-order valence-electron chi connectivity index (χ0n) is 10.8. The van der Waals surface area contributed by atoms with Crippen molar-refractivity contribution < 1.29 is 9.13 Å². The molecule has 0 bridgehead atoms. The van der Waals surface area contributed by atoms with Crippen molar-refractivity contribution in [2.75, 3.05) is 7.11 Å². The Bertz CT molecular complexity index is 515. The summed E-state index contributed by atoms with van der Waals surface area (Å²) in [6, 6.07) is 1.70. The van der Waals surface area contributed by atoms with Gasteiger partial charge >= 0.3 is 0 Å². The summed E-state index contributed by atoms with van der Waals surface area (Å²) in [6.45, 7) is 4.93. The quantitative estimate of drug-likeness (QED) is 0.659. The number of hydrogen-bond donors (Lipinski definition) is 0. The van der Waals surface area contributed by atoms with Crippen LogP contribution >= 0.6 is 23.2 Å². The van der Waals surface area contributed by atoms with Gasteiger partial charge in [-0.1, -0.05) is 35.4 Å². The van der Waals surface area contributed by atoms with Crippen LogP contribution in [0.4, 0.5) is 4.39 Å². The lowest BCUT2D eigenvalue weighted by Gasteiger charge is -2.10. The van der Waals surface area contributed by atoms with E-state index in [2.05, 4.69) is 0 Å². The fourth-order valence-corrected chi connectivity index (χ4v) is 1.97. The minimum Gasteiger partial charge on any atom is -0.496 e. The number of allylic oxidation sites excluding steroid dienone is 3. The Balaban J connectivity index is 3.27. The van der Waals surface area contributed by atoms with Crippen LogP contribution < -0.4 is 4.74 Å². The summed E-state index contributed by atoms with van der Waals surface area (Å²) in [5.41, 5.74) is 2.01. The molecule has 4 heteroatoms. The van der Waals surface area contributed by atoms with E-state index >= 15 is 0 Å². The van der Waals surface area contributed by atoms with E-state index in [0.29, 0.717) is 26.9 Å². The van der Waals surface area contributed by atoms with Gasteiger partial charge in [0.15, 0.2) is 0 Å². The average molecular weight is 289 g/mol. The monoisotopic (exact) mass is 288 g/mol. The van der Waals surface area contributed by atoms with E-state index in [0.717, 1.165) is 5.56 Å². The number of ether oxygens (including phenoxy) is 1. The summed E-state index contributed by atoms with van der Waals surface area (Å²) in [4.78, 5) is 0. The lowest BCUT2D eigenvalue weighted by atomic mass is 10.1. The largest absolute Gasteiger partial charge is 0.496 e. The molecule has 0 amide bonds. The highest BCUT2D eigenvalue weighted by Gasteiger charge is 2.11. The zero-order valence-corrected chi connectivity index (χ0v) is 12.3. The lowest BCUT2D eigenvalue weighted by Crippen LogP contribution is -1.91. The standard InChI is InChI=1S/C14H15Cl2FO/c1-8(10(3)17)5-6-11-12(15)7-13(18-4)9(2)14(11)16/h5-7H,1-4H3/b6-5+,10-8-. The number of benzene rings is 1. The molecule has 0 aliphatic heterocycles. The van der Waals surface area contributed by atoms with Crippen molar-refractivity contribution in [1.82, 2.24) is 0 Å². The lowest BCUT2D eigenvalue weighted by molar-refractivity contribution is 0.412. The zero-order chi connectivity index (χ0) is 13.9. The molecule has 1 aromatic rings. The second-order valence-electron chi connectivity index (χ2n) is 3.96. The molecule has 0 aliphatic rings. The fourth-order valence-electron chi connectivity index (χ4n) is 1.40. The Kier molecular flexibility index (Phi) is 5.24. The molecule has 0 fully saturated rings. The van der Waals surface area contributed by atoms with Crippen LogP contribution in [0.25, 0.3) is 6.08 Å². The first-order chi connectivity index (χ1) is 8.38. The van der Waals surface area contributed by atoms with E-state index < -0.39 is 0 Å². The number of halogens is 3. The molecule has 0 unspecified atom stereocenters. The summed E-state index contributed by atoms with van der Waals surface area (Å²) in [5, 5.41) is 0.989. The van der Waals surface area contributed by atoms with Gasteiger partial charge in [-0.2, -0.15) is 0 Å². The highest BCUT2D eigenvalue weighted by atomic mass is 35.5. The van der Waals surface area contributed by atoms with E-state index in [1.807, 2.05) is 6.92 Å². The first-order valence-electron chi connectivity index (χ1n) is 5.42. The molecule has 1 rings (SSSR count). The topological polar surface area (TPSA) is 9.23 Å². The molecular formula is C14H15Cl2FO. The SMILES string of the molecule is COc1cc(Cl)c(/C=C/C(C)=C(/C)F)c(Cl)c1C. The first-order valence-corrected chi connectivity index (χ1v) is 6.17. The fraction of sp³-hybridized carbons (Fsp3) is 0.286. The maximum absolute atomic E-state index is 12.9. The average Bonchev–Trinajstić information content (AvgIpc) is 2.33. The molecule has 0 radical (unpaired) electrons. The van der Waals surface area contributed by atoms with Crippen molar-refractivity contribution in [1.29, 1.82) is 0 Å². The Labute approximate surface area is 117 Å². The predicted molar refractivity (Wildman–Crippen MR) is 76.3 cm³/mol. The minimum atomic E-state index is -0.233. The maximum Gasteiger partial charge on any atom is 0.124 e. The summed E-state index contributed by atoms with van der Waals surface area (Å²) >= 11 is 12.3. The highest BCUT2D eigenvalue weighted by molar-refractivity contribution is 6.37.